The van der Waals surface area contributed by atoms with Crippen LogP contribution in [0.5, 0.6) is 0 Å². The van der Waals surface area contributed by atoms with Crippen molar-refractivity contribution in [3.05, 3.63) is 0 Å². The summed E-state index contributed by atoms with van der Waals surface area (Å²) in [6.45, 7) is 13.9. The number of carbonyl (C=O) groups excluding carboxylic acids is 4. The highest BCUT2D eigenvalue weighted by molar-refractivity contribution is 7.86. The predicted octanol–water partition coefficient (Wildman–Crippen LogP) is 7.69. The number of amides is 2. The second kappa shape index (κ2) is 22.4. The van der Waals surface area contributed by atoms with E-state index in [4.69, 9.17) is 18.6 Å². The van der Waals surface area contributed by atoms with Crippen molar-refractivity contribution in [1.82, 2.24) is 10.6 Å². The van der Waals surface area contributed by atoms with Gasteiger partial charge in [-0.2, -0.15) is 16.8 Å². The standard InChI is InChI=1S/C56H92N2O14S2/c1-33(7-13-47(61)57-25-27-73(65,66)67)39-9-11-41-51-43(19-23-55(39,41)5)53(3)21-17-37(29-35(53)31-45(51)59)71-49(63)15-16-50(64)72-38-18-22-54(4)36(30-38)32-46(60)52-42-12-10-40(56(42,6)24-20-44(52)54)34(2)8-14-48(62)58-26-28-74(68,69)70/h33-46,51-52,59-60H,7-32H2,1-6H3,(H,57,61)(H,58,62)(H,65,66,67)(H,68,69,70)/t33-,34+,35?,36?,37-,38+,39-,40+,41+,42?,43+,44-,45+,46-,51+,52-,53+,54-,55-,56+/m1/s1. The number of rotatable bonds is 19. The van der Waals surface area contributed by atoms with Gasteiger partial charge in [0.05, 0.1) is 36.6 Å². The molecule has 0 heterocycles. The van der Waals surface area contributed by atoms with Crippen LogP contribution in [0.1, 0.15) is 183 Å². The number of hydrogen-bond donors (Lipinski definition) is 6. The van der Waals surface area contributed by atoms with Crippen LogP contribution in [0.25, 0.3) is 0 Å². The van der Waals surface area contributed by atoms with Crippen LogP contribution in [0.15, 0.2) is 0 Å². The molecule has 0 aromatic rings. The van der Waals surface area contributed by atoms with E-state index in [2.05, 4.69) is 52.2 Å². The largest absolute Gasteiger partial charge is 0.462 e. The first-order valence-electron chi connectivity index (χ1n) is 28.8. The molecular formula is C56H92N2O14S2. The van der Waals surface area contributed by atoms with E-state index >= 15 is 0 Å². The van der Waals surface area contributed by atoms with E-state index in [-0.39, 0.29) is 107 Å². The van der Waals surface area contributed by atoms with Crippen LogP contribution < -0.4 is 10.6 Å². The zero-order valence-corrected chi connectivity index (χ0v) is 46.9. The highest BCUT2D eigenvalue weighted by Gasteiger charge is 2.65. The summed E-state index contributed by atoms with van der Waals surface area (Å²) < 4.78 is 74.4. The normalized spacial score (nSPS) is 42.4. The quantitative estimate of drug-likeness (QED) is 0.0536. The van der Waals surface area contributed by atoms with Crippen LogP contribution in [-0.4, -0.2) is 109 Å². The summed E-state index contributed by atoms with van der Waals surface area (Å²) in [5.74, 6) is 1.67. The van der Waals surface area contributed by atoms with Crippen molar-refractivity contribution >= 4 is 44.0 Å². The van der Waals surface area contributed by atoms with Gasteiger partial charge in [0, 0.05) is 25.9 Å². The molecule has 0 aliphatic heterocycles. The third-order valence-corrected chi connectivity index (χ3v) is 24.4. The number of nitrogens with one attached hydrogen (secondary N) is 2. The molecule has 8 rings (SSSR count). The molecule has 0 spiro atoms. The molecule has 16 nitrogen and oxygen atoms in total. The van der Waals surface area contributed by atoms with Crippen LogP contribution in [-0.2, 0) is 48.9 Å². The van der Waals surface area contributed by atoms with Gasteiger partial charge in [0.15, 0.2) is 0 Å². The fraction of sp³-hybridized carbons (Fsp3) is 0.929. The Hall–Kier alpha value is -2.38. The summed E-state index contributed by atoms with van der Waals surface area (Å²) in [5, 5.41) is 29.2. The molecule has 8 aliphatic carbocycles. The summed E-state index contributed by atoms with van der Waals surface area (Å²) in [7, 11) is -8.26. The third-order valence-electron chi connectivity index (χ3n) is 22.9. The minimum Gasteiger partial charge on any atom is -0.462 e. The lowest BCUT2D eigenvalue weighted by Crippen LogP contribution is -2.58. The van der Waals surface area contributed by atoms with Crippen molar-refractivity contribution < 1.29 is 64.8 Å². The van der Waals surface area contributed by atoms with Crippen molar-refractivity contribution in [2.75, 3.05) is 24.6 Å². The number of ether oxygens (including phenoxy) is 2. The van der Waals surface area contributed by atoms with E-state index in [1.807, 2.05) is 0 Å². The maximum Gasteiger partial charge on any atom is 0.306 e. The first-order valence-corrected chi connectivity index (χ1v) is 32.1. The van der Waals surface area contributed by atoms with E-state index in [0.717, 1.165) is 77.0 Å². The van der Waals surface area contributed by atoms with Gasteiger partial charge in [0.25, 0.3) is 20.2 Å². The molecule has 0 aromatic heterocycles. The van der Waals surface area contributed by atoms with Crippen LogP contribution in [0.3, 0.4) is 0 Å². The molecule has 2 amide bonds. The Bertz CT molecular complexity index is 2130. The van der Waals surface area contributed by atoms with Gasteiger partial charge in [-0.15, -0.1) is 0 Å². The summed E-state index contributed by atoms with van der Waals surface area (Å²) in [5.41, 5.74) is 0.193. The zero-order chi connectivity index (χ0) is 53.8. The first kappa shape index (κ1) is 57.8. The van der Waals surface area contributed by atoms with Crippen molar-refractivity contribution in [2.24, 2.45) is 92.7 Å². The zero-order valence-electron chi connectivity index (χ0n) is 45.3. The lowest BCUT2D eigenvalue weighted by molar-refractivity contribution is -0.185. The molecule has 0 radical (unpaired) electrons. The SMILES string of the molecule is C[C@H](CCC(=O)NCCS(=O)(=O)O)[C@H]1CC[C@H]2[C@@H]3[C@@H](O)CC4C[C@H](OC(=O)CCC(=O)O[C@H]5CC[C@]6(C)C(C5)C[C@@H](O)[C@@H]5C7CC[C@@H]([C@@H](C)CCC(=O)NCCS(=O)(=O)O)[C@]7(C)CC[C@H]56)CC[C@]4(C)[C@H]3CC[C@]12C. The van der Waals surface area contributed by atoms with E-state index in [9.17, 15) is 46.2 Å². The average molecular weight is 1080 g/mol. The van der Waals surface area contributed by atoms with Crippen LogP contribution in [0, 0.1) is 92.7 Å². The second-order valence-corrected chi connectivity index (χ2v) is 29.8. The van der Waals surface area contributed by atoms with Crippen LogP contribution >= 0.6 is 0 Å². The number of esters is 2. The minimum absolute atomic E-state index is 0.0341. The summed E-state index contributed by atoms with van der Waals surface area (Å²) in [4.78, 5) is 51.7. The number of aliphatic hydroxyl groups is 2. The Morgan fingerprint density at radius 2 is 0.865 bits per heavy atom. The van der Waals surface area contributed by atoms with Crippen molar-refractivity contribution in [3.8, 4) is 0 Å². The lowest BCUT2D eigenvalue weighted by atomic mass is 9.43. The average Bonchev–Trinajstić information content (AvgIpc) is 3.86. The minimum atomic E-state index is -4.13. The Morgan fingerprint density at radius 1 is 0.514 bits per heavy atom. The van der Waals surface area contributed by atoms with Crippen molar-refractivity contribution in [1.29, 1.82) is 0 Å². The smallest absolute Gasteiger partial charge is 0.306 e. The number of fused-ring (bicyclic) bond motifs is 10. The van der Waals surface area contributed by atoms with E-state index in [0.29, 0.717) is 98.7 Å². The molecule has 8 saturated carbocycles. The van der Waals surface area contributed by atoms with Crippen molar-refractivity contribution in [3.63, 3.8) is 0 Å². The van der Waals surface area contributed by atoms with Gasteiger partial charge >= 0.3 is 11.9 Å². The fourth-order valence-electron chi connectivity index (χ4n) is 19.2. The Labute approximate surface area is 442 Å². The van der Waals surface area contributed by atoms with Crippen molar-refractivity contribution in [2.45, 2.75) is 207 Å². The molecule has 6 N–H and O–H groups in total. The van der Waals surface area contributed by atoms with Gasteiger partial charge in [-0.25, -0.2) is 0 Å². The van der Waals surface area contributed by atoms with E-state index < -0.39 is 43.9 Å². The van der Waals surface area contributed by atoms with Gasteiger partial charge < -0.3 is 30.3 Å². The molecule has 0 aromatic carbocycles. The topological polar surface area (TPSA) is 260 Å². The number of hydrogen-bond acceptors (Lipinski definition) is 12. The van der Waals surface area contributed by atoms with Crippen LogP contribution in [0.2, 0.25) is 0 Å². The lowest BCUT2D eigenvalue weighted by Gasteiger charge is -2.62. The highest BCUT2D eigenvalue weighted by Crippen LogP contribution is 2.70. The maximum absolute atomic E-state index is 13.3. The molecule has 18 heteroatoms. The Morgan fingerprint density at radius 3 is 1.23 bits per heavy atom. The molecule has 422 valence electrons. The molecule has 3 unspecified atom stereocenters. The van der Waals surface area contributed by atoms with Gasteiger partial charge in [0.2, 0.25) is 11.8 Å². The molecule has 0 bridgehead atoms. The molecule has 8 aliphatic rings. The molecule has 8 fully saturated rings. The summed E-state index contributed by atoms with van der Waals surface area (Å²) in [6, 6.07) is 0. The fourth-order valence-corrected chi connectivity index (χ4v) is 19.9. The third kappa shape index (κ3) is 12.1. The van der Waals surface area contributed by atoms with Gasteiger partial charge in [-0.3, -0.25) is 28.3 Å². The number of aliphatic hydroxyl groups excluding tert-OH is 2. The number of carbonyl (C=O) groups is 4. The summed E-state index contributed by atoms with van der Waals surface area (Å²) >= 11 is 0. The van der Waals surface area contributed by atoms with Gasteiger partial charge in [-0.1, -0.05) is 41.5 Å². The highest BCUT2D eigenvalue weighted by atomic mass is 32.2. The van der Waals surface area contributed by atoms with Crippen LogP contribution in [0.4, 0.5) is 0 Å². The Balaban J connectivity index is 0.763. The van der Waals surface area contributed by atoms with Gasteiger partial charge in [-0.05, 0) is 208 Å². The first-order chi connectivity index (χ1) is 34.6. The molecule has 0 saturated heterocycles. The molecule has 20 atom stereocenters. The predicted molar refractivity (Wildman–Crippen MR) is 278 cm³/mol. The molecular weight excluding hydrogens is 989 g/mol. The summed E-state index contributed by atoms with van der Waals surface area (Å²) in [6.07, 6.45) is 15.2. The van der Waals surface area contributed by atoms with E-state index in [1.165, 1.54) is 0 Å². The monoisotopic (exact) mass is 1080 g/mol. The maximum atomic E-state index is 13.3. The molecule has 74 heavy (non-hydrogen) atoms. The van der Waals surface area contributed by atoms with E-state index in [1.54, 1.807) is 0 Å². The second-order valence-electron chi connectivity index (χ2n) is 26.6. The Kier molecular flexibility index (Phi) is 17.5. The van der Waals surface area contributed by atoms with Gasteiger partial charge in [0.1, 0.15) is 12.2 Å².